The number of fused-ring (bicyclic) bond motifs is 3. The summed E-state index contributed by atoms with van der Waals surface area (Å²) in [4.78, 5) is 4.63. The van der Waals surface area contributed by atoms with Crippen LogP contribution >= 0.6 is 11.3 Å². The topological polar surface area (TPSA) is 29.1 Å². The minimum atomic E-state index is 0.875. The molecule has 4 aromatic rings. The zero-order valence-corrected chi connectivity index (χ0v) is 11.8. The number of nitrogens with one attached hydrogen (secondary N) is 1. The number of hydrogen-bond donors (Lipinski definition) is 1. The molecule has 98 valence electrons. The molecular weight excluding hydrogens is 268 g/mol. The van der Waals surface area contributed by atoms with Crippen LogP contribution in [0.4, 0.5) is 0 Å². The summed E-state index contributed by atoms with van der Waals surface area (Å²) < 4.78 is 8.69. The zero-order valence-electron chi connectivity index (χ0n) is 11.0. The summed E-state index contributed by atoms with van der Waals surface area (Å²) in [5.41, 5.74) is 3.51. The van der Waals surface area contributed by atoms with Crippen LogP contribution in [0.1, 0.15) is 0 Å². The first-order chi connectivity index (χ1) is 9.85. The molecule has 0 spiro atoms. The second kappa shape index (κ2) is 4.35. The molecule has 0 bridgehead atoms. The molecule has 0 saturated carbocycles. The van der Waals surface area contributed by atoms with Crippen LogP contribution in [0.5, 0.6) is 5.75 Å². The molecule has 0 atom stereocenters. The number of hydrogen-bond acceptors (Lipinski definition) is 2. The Kier molecular flexibility index (Phi) is 2.50. The Balaban J connectivity index is 1.87. The molecule has 0 amide bonds. The maximum absolute atomic E-state index is 5.19. The summed E-state index contributed by atoms with van der Waals surface area (Å²) >= 11 is 1.77. The first-order valence-corrected chi connectivity index (χ1v) is 7.23. The number of benzene rings is 2. The van der Waals surface area contributed by atoms with Gasteiger partial charge in [-0.15, -0.1) is 0 Å². The zero-order chi connectivity index (χ0) is 13.5. The average Bonchev–Trinajstić information content (AvgIpc) is 3.05. The van der Waals surface area contributed by atoms with Crippen LogP contribution in [0.15, 0.2) is 54.7 Å². The number of ether oxygens (including phenoxy) is 1. The molecule has 0 radical (unpaired) electrons. The first kappa shape index (κ1) is 11.5. The Hall–Kier alpha value is -2.33. The monoisotopic (exact) mass is 281 g/mol. The molecular formula is C16H13N2OS+. The van der Waals surface area contributed by atoms with Crippen LogP contribution in [0, 0.1) is 0 Å². The number of aromatic amines is 1. The van der Waals surface area contributed by atoms with Crippen molar-refractivity contribution in [2.75, 3.05) is 7.11 Å². The molecule has 2 heterocycles. The summed E-state index contributed by atoms with van der Waals surface area (Å²) in [7, 11) is 1.68. The molecule has 2 aromatic carbocycles. The number of imidazole rings is 1. The lowest BCUT2D eigenvalue weighted by atomic mass is 10.2. The van der Waals surface area contributed by atoms with Crippen LogP contribution in [-0.4, -0.2) is 12.1 Å². The van der Waals surface area contributed by atoms with Gasteiger partial charge in [-0.1, -0.05) is 12.1 Å². The van der Waals surface area contributed by atoms with Crippen molar-refractivity contribution < 1.29 is 9.14 Å². The van der Waals surface area contributed by atoms with E-state index in [1.54, 1.807) is 18.4 Å². The second-order valence-corrected chi connectivity index (χ2v) is 5.67. The lowest BCUT2D eigenvalue weighted by Gasteiger charge is -1.98. The van der Waals surface area contributed by atoms with E-state index in [0.717, 1.165) is 22.0 Å². The number of thiazole rings is 1. The maximum Gasteiger partial charge on any atom is 0.344 e. The van der Waals surface area contributed by atoms with Crippen LogP contribution < -0.4 is 9.14 Å². The van der Waals surface area contributed by atoms with Gasteiger partial charge >= 0.3 is 4.96 Å². The van der Waals surface area contributed by atoms with E-state index >= 15 is 0 Å². The summed E-state index contributed by atoms with van der Waals surface area (Å²) in [6.07, 6.45) is 2.15. The standard InChI is InChI=1S/C16H12N2OS/c1-19-12-8-6-11(7-9-12)13-10-18-14-4-2-3-5-15(14)20-16(18)17-13/h2-10H,1H3/p+1. The van der Waals surface area contributed by atoms with Crippen molar-refractivity contribution >= 4 is 26.5 Å². The fourth-order valence-electron chi connectivity index (χ4n) is 2.41. The van der Waals surface area contributed by atoms with Crippen LogP contribution in [-0.2, 0) is 0 Å². The van der Waals surface area contributed by atoms with Crippen LogP contribution in [0.25, 0.3) is 26.4 Å². The van der Waals surface area contributed by atoms with Gasteiger partial charge in [0.05, 0.1) is 11.8 Å². The molecule has 0 unspecified atom stereocenters. The van der Waals surface area contributed by atoms with Crippen molar-refractivity contribution in [3.63, 3.8) is 0 Å². The van der Waals surface area contributed by atoms with E-state index in [2.05, 4.69) is 52.0 Å². The molecule has 1 N–H and O–H groups in total. The minimum absolute atomic E-state index is 0.875. The van der Waals surface area contributed by atoms with E-state index < -0.39 is 0 Å². The van der Waals surface area contributed by atoms with Crippen LogP contribution in [0.3, 0.4) is 0 Å². The van der Waals surface area contributed by atoms with E-state index in [1.165, 1.54) is 10.2 Å². The van der Waals surface area contributed by atoms with E-state index in [0.29, 0.717) is 0 Å². The third-order valence-corrected chi connectivity index (χ3v) is 4.51. The highest BCUT2D eigenvalue weighted by molar-refractivity contribution is 7.22. The van der Waals surface area contributed by atoms with E-state index in [4.69, 9.17) is 4.74 Å². The third-order valence-electron chi connectivity index (χ3n) is 3.45. The number of H-pyrrole nitrogens is 1. The van der Waals surface area contributed by atoms with Gasteiger partial charge in [0.15, 0.2) is 11.2 Å². The number of nitrogens with zero attached hydrogens (tertiary/aromatic N) is 1. The highest BCUT2D eigenvalue weighted by Crippen LogP contribution is 2.25. The molecule has 4 heteroatoms. The van der Waals surface area contributed by atoms with Crippen molar-refractivity contribution in [1.82, 2.24) is 4.98 Å². The highest BCUT2D eigenvalue weighted by Gasteiger charge is 2.16. The summed E-state index contributed by atoms with van der Waals surface area (Å²) in [6, 6.07) is 16.5. The molecule has 0 saturated heterocycles. The molecule has 0 fully saturated rings. The number of para-hydroxylation sites is 1. The molecule has 0 aliphatic rings. The number of methoxy groups -OCH3 is 1. The third kappa shape index (κ3) is 1.69. The normalized spacial score (nSPS) is 11.2. The quantitative estimate of drug-likeness (QED) is 0.558. The Morgan fingerprint density at radius 2 is 1.85 bits per heavy atom. The summed E-state index contributed by atoms with van der Waals surface area (Å²) in [6.45, 7) is 0. The smallest absolute Gasteiger partial charge is 0.344 e. The Labute approximate surface area is 120 Å². The lowest BCUT2D eigenvalue weighted by molar-refractivity contribution is -0.475. The molecule has 3 nitrogen and oxygen atoms in total. The SMILES string of the molecule is COc1ccc(-c2c[n+]3c([nH]2)sc2ccccc23)cc1. The van der Waals surface area contributed by atoms with Crippen molar-refractivity contribution in [3.8, 4) is 17.0 Å². The number of aromatic nitrogens is 2. The predicted octanol–water partition coefficient (Wildman–Crippen LogP) is 3.64. The maximum atomic E-state index is 5.19. The Morgan fingerprint density at radius 3 is 2.65 bits per heavy atom. The van der Waals surface area contributed by atoms with Gasteiger partial charge in [-0.3, -0.25) is 0 Å². The highest BCUT2D eigenvalue weighted by atomic mass is 32.1. The molecule has 0 aliphatic heterocycles. The summed E-state index contributed by atoms with van der Waals surface area (Å²) in [5.74, 6) is 0.875. The van der Waals surface area contributed by atoms with Gasteiger partial charge in [-0.05, 0) is 47.7 Å². The van der Waals surface area contributed by atoms with Gasteiger partial charge in [0.2, 0.25) is 0 Å². The Bertz CT molecular complexity index is 890. The van der Waals surface area contributed by atoms with Crippen molar-refractivity contribution in [2.45, 2.75) is 0 Å². The van der Waals surface area contributed by atoms with E-state index in [9.17, 15) is 0 Å². The van der Waals surface area contributed by atoms with Crippen molar-refractivity contribution in [3.05, 3.63) is 54.7 Å². The summed E-state index contributed by atoms with van der Waals surface area (Å²) in [5, 5.41) is 0. The number of rotatable bonds is 2. The van der Waals surface area contributed by atoms with Crippen molar-refractivity contribution in [2.24, 2.45) is 0 Å². The fourth-order valence-corrected chi connectivity index (χ4v) is 3.45. The van der Waals surface area contributed by atoms with Gasteiger partial charge in [-0.25, -0.2) is 4.98 Å². The van der Waals surface area contributed by atoms with Crippen molar-refractivity contribution in [1.29, 1.82) is 0 Å². The van der Waals surface area contributed by atoms with Crippen LogP contribution in [0.2, 0.25) is 0 Å². The van der Waals surface area contributed by atoms with Gasteiger partial charge in [0, 0.05) is 5.56 Å². The first-order valence-electron chi connectivity index (χ1n) is 6.41. The fraction of sp³-hybridized carbons (Fsp3) is 0.0625. The van der Waals surface area contributed by atoms with E-state index in [-0.39, 0.29) is 0 Å². The Morgan fingerprint density at radius 1 is 1.05 bits per heavy atom. The van der Waals surface area contributed by atoms with Gasteiger partial charge in [0.25, 0.3) is 0 Å². The lowest BCUT2D eigenvalue weighted by Crippen LogP contribution is -2.14. The largest absolute Gasteiger partial charge is 0.497 e. The molecule has 4 rings (SSSR count). The predicted molar refractivity (Wildman–Crippen MR) is 81.3 cm³/mol. The second-order valence-electron chi connectivity index (χ2n) is 4.64. The molecule has 20 heavy (non-hydrogen) atoms. The molecule has 0 aliphatic carbocycles. The molecule has 2 aromatic heterocycles. The van der Waals surface area contributed by atoms with E-state index in [1.807, 2.05) is 12.1 Å². The average molecular weight is 281 g/mol. The van der Waals surface area contributed by atoms with Gasteiger partial charge in [0.1, 0.15) is 11.9 Å². The van der Waals surface area contributed by atoms with Gasteiger partial charge < -0.3 is 4.74 Å². The van der Waals surface area contributed by atoms with Gasteiger partial charge in [-0.2, -0.15) is 4.40 Å². The minimum Gasteiger partial charge on any atom is -0.497 e.